The van der Waals surface area contributed by atoms with Crippen molar-refractivity contribution >= 4 is 15.9 Å². The maximum atomic E-state index is 12.7. The van der Waals surface area contributed by atoms with E-state index in [1.165, 1.54) is 6.42 Å². The fourth-order valence-corrected chi connectivity index (χ4v) is 4.28. The van der Waals surface area contributed by atoms with Crippen molar-refractivity contribution in [3.63, 3.8) is 0 Å². The maximum Gasteiger partial charge on any atom is 0.283 e. The lowest BCUT2D eigenvalue weighted by molar-refractivity contribution is 0.375. The normalized spacial score (nSPS) is 17.3. The van der Waals surface area contributed by atoms with Crippen molar-refractivity contribution in [1.82, 2.24) is 4.90 Å². The first-order chi connectivity index (χ1) is 11.0. The average Bonchev–Trinajstić information content (AvgIpc) is 2.56. The zero-order valence-electron chi connectivity index (χ0n) is 14.5. The molecule has 1 aliphatic carbocycles. The minimum absolute atomic E-state index is 0.267. The molecule has 0 saturated heterocycles. The number of hydrogen-bond donors (Lipinski definition) is 0. The molecule has 2 rings (SSSR count). The molecule has 1 saturated carbocycles. The van der Waals surface area contributed by atoms with Crippen LogP contribution in [0.5, 0.6) is 0 Å². The molecule has 0 heterocycles. The Morgan fingerprint density at radius 2 is 1.65 bits per heavy atom. The quantitative estimate of drug-likeness (QED) is 0.603. The maximum absolute atomic E-state index is 12.7. The predicted molar refractivity (Wildman–Crippen MR) is 95.3 cm³/mol. The first-order valence-electron chi connectivity index (χ1n) is 8.64. The van der Waals surface area contributed by atoms with Crippen LogP contribution in [0.2, 0.25) is 0 Å². The Morgan fingerprint density at radius 1 is 1.09 bits per heavy atom. The molecule has 1 fully saturated rings. The summed E-state index contributed by atoms with van der Waals surface area (Å²) in [6.45, 7) is 7.63. The molecule has 0 radical (unpaired) electrons. The van der Waals surface area contributed by atoms with E-state index < -0.39 is 10.0 Å². The zero-order valence-corrected chi connectivity index (χ0v) is 15.3. The van der Waals surface area contributed by atoms with Gasteiger partial charge in [-0.15, -0.1) is 4.40 Å². The van der Waals surface area contributed by atoms with Crippen molar-refractivity contribution in [1.29, 1.82) is 0 Å². The summed E-state index contributed by atoms with van der Waals surface area (Å²) in [5, 5.41) is 0. The molecule has 1 aliphatic rings. The number of hydrogen-bond acceptors (Lipinski definition) is 2. The Labute approximate surface area is 140 Å². The molecule has 0 amide bonds. The highest BCUT2D eigenvalue weighted by Crippen LogP contribution is 2.27. The van der Waals surface area contributed by atoms with Gasteiger partial charge in [0, 0.05) is 19.0 Å². The van der Waals surface area contributed by atoms with Crippen LogP contribution in [0, 0.1) is 12.8 Å². The monoisotopic (exact) mass is 336 g/mol. The molecule has 0 aromatic heterocycles. The van der Waals surface area contributed by atoms with Gasteiger partial charge in [0.25, 0.3) is 10.0 Å². The van der Waals surface area contributed by atoms with Gasteiger partial charge in [-0.1, -0.05) is 37.0 Å². The second kappa shape index (κ2) is 7.95. The summed E-state index contributed by atoms with van der Waals surface area (Å²) >= 11 is 0. The number of amidine groups is 1. The summed E-state index contributed by atoms with van der Waals surface area (Å²) in [6.07, 6.45) is 5.65. The minimum Gasteiger partial charge on any atom is -0.360 e. The van der Waals surface area contributed by atoms with Gasteiger partial charge in [0.1, 0.15) is 5.84 Å². The van der Waals surface area contributed by atoms with Crippen LogP contribution in [0.15, 0.2) is 33.6 Å². The fourth-order valence-electron chi connectivity index (χ4n) is 3.18. The molecule has 5 heteroatoms. The van der Waals surface area contributed by atoms with E-state index in [9.17, 15) is 8.42 Å². The van der Waals surface area contributed by atoms with E-state index in [0.717, 1.165) is 50.2 Å². The van der Waals surface area contributed by atoms with Gasteiger partial charge >= 0.3 is 0 Å². The van der Waals surface area contributed by atoms with Gasteiger partial charge in [-0.05, 0) is 45.7 Å². The molecule has 0 unspecified atom stereocenters. The van der Waals surface area contributed by atoms with E-state index >= 15 is 0 Å². The van der Waals surface area contributed by atoms with Crippen LogP contribution < -0.4 is 0 Å². The van der Waals surface area contributed by atoms with Gasteiger partial charge in [-0.25, -0.2) is 0 Å². The second-order valence-electron chi connectivity index (χ2n) is 6.24. The van der Waals surface area contributed by atoms with Crippen molar-refractivity contribution in [3.05, 3.63) is 29.8 Å². The van der Waals surface area contributed by atoms with Crippen molar-refractivity contribution < 1.29 is 8.42 Å². The van der Waals surface area contributed by atoms with Crippen molar-refractivity contribution in [2.24, 2.45) is 10.3 Å². The van der Waals surface area contributed by atoms with E-state index in [1.807, 2.05) is 19.1 Å². The second-order valence-corrected chi connectivity index (χ2v) is 7.85. The van der Waals surface area contributed by atoms with Gasteiger partial charge in [0.15, 0.2) is 0 Å². The molecule has 0 bridgehead atoms. The highest BCUT2D eigenvalue weighted by molar-refractivity contribution is 7.90. The predicted octanol–water partition coefficient (Wildman–Crippen LogP) is 4.00. The topological polar surface area (TPSA) is 49.7 Å². The standard InChI is InChI=1S/C18H28N2O2S/c1-4-20(5-2)18(16-9-7-6-8-10-16)19-23(21,22)17-13-11-15(3)12-14-17/h11-14,16H,4-10H2,1-3H3/b19-18+. The van der Waals surface area contributed by atoms with Crippen LogP contribution in [-0.2, 0) is 10.0 Å². The Balaban J connectivity index is 2.39. The molecule has 1 aromatic rings. The molecular weight excluding hydrogens is 308 g/mol. The third-order valence-corrected chi connectivity index (χ3v) is 5.89. The molecule has 1 aromatic carbocycles. The summed E-state index contributed by atoms with van der Waals surface area (Å²) < 4.78 is 29.7. The van der Waals surface area contributed by atoms with Crippen molar-refractivity contribution in [2.75, 3.05) is 13.1 Å². The zero-order chi connectivity index (χ0) is 16.9. The van der Waals surface area contributed by atoms with E-state index in [4.69, 9.17) is 0 Å². The fraction of sp³-hybridized carbons (Fsp3) is 0.611. The summed E-state index contributed by atoms with van der Waals surface area (Å²) in [4.78, 5) is 2.38. The summed E-state index contributed by atoms with van der Waals surface area (Å²) in [6, 6.07) is 6.93. The van der Waals surface area contributed by atoms with Gasteiger partial charge in [0.05, 0.1) is 4.90 Å². The lowest BCUT2D eigenvalue weighted by Crippen LogP contribution is -2.37. The Bertz CT molecular complexity index is 625. The molecule has 0 spiro atoms. The summed E-state index contributed by atoms with van der Waals surface area (Å²) in [5.41, 5.74) is 1.05. The molecule has 128 valence electrons. The molecule has 0 aliphatic heterocycles. The Hall–Kier alpha value is -1.36. The van der Waals surface area contributed by atoms with Crippen molar-refractivity contribution in [3.8, 4) is 0 Å². The lowest BCUT2D eigenvalue weighted by Gasteiger charge is -2.31. The van der Waals surface area contributed by atoms with Gasteiger partial charge in [-0.2, -0.15) is 8.42 Å². The Kier molecular flexibility index (Phi) is 6.22. The number of nitrogens with zero attached hydrogens (tertiary/aromatic N) is 2. The van der Waals surface area contributed by atoms with E-state index in [2.05, 4.69) is 23.1 Å². The summed E-state index contributed by atoms with van der Waals surface area (Å²) in [7, 11) is -3.64. The van der Waals surface area contributed by atoms with Crippen LogP contribution in [0.3, 0.4) is 0 Å². The lowest BCUT2D eigenvalue weighted by atomic mass is 9.88. The first-order valence-corrected chi connectivity index (χ1v) is 10.1. The number of rotatable bonds is 5. The number of sulfonamides is 1. The van der Waals surface area contributed by atoms with Gasteiger partial charge < -0.3 is 4.90 Å². The van der Waals surface area contributed by atoms with Gasteiger partial charge in [0.2, 0.25) is 0 Å². The minimum atomic E-state index is -3.64. The van der Waals surface area contributed by atoms with E-state index in [0.29, 0.717) is 0 Å². The SMILES string of the molecule is CCN(CC)/C(=N/S(=O)(=O)c1ccc(C)cc1)C1CCCCC1. The van der Waals surface area contributed by atoms with Crippen LogP contribution in [0.4, 0.5) is 0 Å². The Morgan fingerprint density at radius 3 is 2.17 bits per heavy atom. The summed E-state index contributed by atoms with van der Waals surface area (Å²) in [5.74, 6) is 1.03. The van der Waals surface area contributed by atoms with Crippen LogP contribution in [-0.4, -0.2) is 32.2 Å². The van der Waals surface area contributed by atoms with E-state index in [1.54, 1.807) is 12.1 Å². The van der Waals surface area contributed by atoms with Crippen LogP contribution >= 0.6 is 0 Å². The smallest absolute Gasteiger partial charge is 0.283 e. The average molecular weight is 337 g/mol. The van der Waals surface area contributed by atoms with Crippen LogP contribution in [0.25, 0.3) is 0 Å². The van der Waals surface area contributed by atoms with Gasteiger partial charge in [-0.3, -0.25) is 0 Å². The highest BCUT2D eigenvalue weighted by atomic mass is 32.2. The molecule has 23 heavy (non-hydrogen) atoms. The highest BCUT2D eigenvalue weighted by Gasteiger charge is 2.26. The third-order valence-electron chi connectivity index (χ3n) is 4.59. The molecule has 0 N–H and O–H groups in total. The number of aryl methyl sites for hydroxylation is 1. The molecule has 0 atom stereocenters. The first kappa shape index (κ1) is 18.0. The largest absolute Gasteiger partial charge is 0.360 e. The van der Waals surface area contributed by atoms with E-state index in [-0.39, 0.29) is 10.8 Å². The number of benzene rings is 1. The molecular formula is C18H28N2O2S. The van der Waals surface area contributed by atoms with Crippen molar-refractivity contribution in [2.45, 2.75) is 57.8 Å². The molecule has 4 nitrogen and oxygen atoms in total. The third kappa shape index (κ3) is 4.56. The van der Waals surface area contributed by atoms with Crippen LogP contribution in [0.1, 0.15) is 51.5 Å².